The molecule has 2 aromatic rings. The van der Waals surface area contributed by atoms with Crippen molar-refractivity contribution in [3.63, 3.8) is 0 Å². The van der Waals surface area contributed by atoms with E-state index in [-0.39, 0.29) is 6.29 Å². The van der Waals surface area contributed by atoms with Crippen LogP contribution >= 0.6 is 0 Å². The van der Waals surface area contributed by atoms with Gasteiger partial charge in [-0.1, -0.05) is 45.1 Å². The molecule has 0 saturated heterocycles. The Hall–Kier alpha value is -2.36. The Labute approximate surface area is 163 Å². The van der Waals surface area contributed by atoms with E-state index < -0.39 is 0 Å². The second-order valence-corrected chi connectivity index (χ2v) is 7.26. The Morgan fingerprint density at radius 2 is 1.37 bits per heavy atom. The maximum absolute atomic E-state index is 6.13. The van der Waals surface area contributed by atoms with Crippen LogP contribution in [0.25, 0.3) is 0 Å². The Morgan fingerprint density at radius 3 is 2.04 bits per heavy atom. The van der Waals surface area contributed by atoms with Gasteiger partial charge in [0, 0.05) is 23.9 Å². The number of anilines is 2. The van der Waals surface area contributed by atoms with Gasteiger partial charge in [0.05, 0.1) is 0 Å². The highest BCUT2D eigenvalue weighted by atomic mass is 16.7. The number of ether oxygens (including phenoxy) is 2. The summed E-state index contributed by atoms with van der Waals surface area (Å²) in [6.45, 7) is 6.20. The molecular formula is C23H34N2O2. The number of nitrogen functional groups attached to an aromatic ring is 2. The van der Waals surface area contributed by atoms with E-state index in [1.807, 2.05) is 50.2 Å². The summed E-state index contributed by atoms with van der Waals surface area (Å²) in [5.41, 5.74) is 15.5. The second-order valence-electron chi connectivity index (χ2n) is 7.26. The van der Waals surface area contributed by atoms with Gasteiger partial charge in [0.25, 0.3) is 0 Å². The maximum Gasteiger partial charge on any atom is 0.241 e. The number of aryl methyl sites for hydroxylation is 2. The molecule has 0 aliphatic rings. The van der Waals surface area contributed by atoms with E-state index >= 15 is 0 Å². The summed E-state index contributed by atoms with van der Waals surface area (Å²) in [5, 5.41) is 0. The largest absolute Gasteiger partial charge is 0.455 e. The lowest BCUT2D eigenvalue weighted by Gasteiger charge is -2.21. The van der Waals surface area contributed by atoms with Crippen LogP contribution in [0.1, 0.15) is 63.0 Å². The highest BCUT2D eigenvalue weighted by Gasteiger charge is 2.14. The van der Waals surface area contributed by atoms with Gasteiger partial charge in [-0.2, -0.15) is 0 Å². The third-order valence-corrected chi connectivity index (χ3v) is 4.82. The minimum atomic E-state index is -0.346. The second kappa shape index (κ2) is 10.7. The van der Waals surface area contributed by atoms with Gasteiger partial charge in [0.1, 0.15) is 11.5 Å². The standard InChI is InChI=1S/C23H34N2O2/c1-4-5-6-7-8-9-10-23(26-19-13-14-21(24)18(3)15-19)27-20-12-11-17(2)22(25)16-20/h11-16,23H,4-10,24-25H2,1-3H3. The first-order valence-corrected chi connectivity index (χ1v) is 10.0. The number of benzene rings is 2. The molecule has 4 nitrogen and oxygen atoms in total. The Kier molecular flexibility index (Phi) is 8.31. The highest BCUT2D eigenvalue weighted by Crippen LogP contribution is 2.25. The molecule has 27 heavy (non-hydrogen) atoms. The number of hydrogen-bond acceptors (Lipinski definition) is 4. The van der Waals surface area contributed by atoms with Crippen LogP contribution in [0.5, 0.6) is 11.5 Å². The van der Waals surface area contributed by atoms with Gasteiger partial charge in [0.15, 0.2) is 0 Å². The molecule has 0 bridgehead atoms. The van der Waals surface area contributed by atoms with Crippen molar-refractivity contribution in [1.29, 1.82) is 0 Å². The summed E-state index contributed by atoms with van der Waals surface area (Å²) in [6.07, 6.45) is 7.89. The zero-order valence-electron chi connectivity index (χ0n) is 17.0. The van der Waals surface area contributed by atoms with Crippen molar-refractivity contribution < 1.29 is 9.47 Å². The fourth-order valence-corrected chi connectivity index (χ4v) is 2.95. The summed E-state index contributed by atoms with van der Waals surface area (Å²) in [5.74, 6) is 1.51. The predicted molar refractivity (Wildman–Crippen MR) is 114 cm³/mol. The molecule has 0 aliphatic carbocycles. The molecule has 0 spiro atoms. The van der Waals surface area contributed by atoms with E-state index in [4.69, 9.17) is 20.9 Å². The Balaban J connectivity index is 2.00. The normalized spacial score (nSPS) is 12.0. The monoisotopic (exact) mass is 370 g/mol. The molecule has 4 heteroatoms. The summed E-state index contributed by atoms with van der Waals surface area (Å²) in [7, 11) is 0. The third-order valence-electron chi connectivity index (χ3n) is 4.82. The first-order chi connectivity index (χ1) is 13.0. The molecule has 0 amide bonds. The van der Waals surface area contributed by atoms with Crippen molar-refractivity contribution in [3.05, 3.63) is 47.5 Å². The van der Waals surface area contributed by atoms with Crippen LogP contribution in [0.15, 0.2) is 36.4 Å². The van der Waals surface area contributed by atoms with Crippen molar-refractivity contribution in [3.8, 4) is 11.5 Å². The highest BCUT2D eigenvalue weighted by molar-refractivity contribution is 5.51. The van der Waals surface area contributed by atoms with Crippen LogP contribution in [-0.2, 0) is 0 Å². The van der Waals surface area contributed by atoms with Crippen LogP contribution in [0.3, 0.4) is 0 Å². The van der Waals surface area contributed by atoms with Crippen molar-refractivity contribution >= 4 is 11.4 Å². The zero-order chi connectivity index (χ0) is 19.6. The molecule has 0 aliphatic heterocycles. The smallest absolute Gasteiger partial charge is 0.241 e. The Bertz CT molecular complexity index is 662. The van der Waals surface area contributed by atoms with Gasteiger partial charge in [-0.15, -0.1) is 0 Å². The molecule has 1 unspecified atom stereocenters. The van der Waals surface area contributed by atoms with Crippen LogP contribution < -0.4 is 20.9 Å². The summed E-state index contributed by atoms with van der Waals surface area (Å²) >= 11 is 0. The fraction of sp³-hybridized carbons (Fsp3) is 0.478. The SMILES string of the molecule is CCCCCCCCC(Oc1ccc(N)c(C)c1)Oc1ccc(C)c(N)c1. The van der Waals surface area contributed by atoms with E-state index in [2.05, 4.69) is 6.92 Å². The molecule has 2 aromatic carbocycles. The topological polar surface area (TPSA) is 70.5 Å². The van der Waals surface area contributed by atoms with Gasteiger partial charge in [-0.05, 0) is 55.7 Å². The summed E-state index contributed by atoms with van der Waals surface area (Å²) in [6, 6.07) is 11.5. The van der Waals surface area contributed by atoms with Gasteiger partial charge < -0.3 is 20.9 Å². The van der Waals surface area contributed by atoms with E-state index in [0.29, 0.717) is 0 Å². The molecule has 148 valence electrons. The Morgan fingerprint density at radius 1 is 0.741 bits per heavy atom. The minimum absolute atomic E-state index is 0.346. The molecule has 0 radical (unpaired) electrons. The lowest BCUT2D eigenvalue weighted by atomic mass is 10.1. The molecule has 0 fully saturated rings. The minimum Gasteiger partial charge on any atom is -0.455 e. The number of hydrogen-bond donors (Lipinski definition) is 2. The zero-order valence-corrected chi connectivity index (χ0v) is 17.0. The molecule has 0 aromatic heterocycles. The molecule has 0 saturated carbocycles. The van der Waals surface area contributed by atoms with Gasteiger partial charge in [-0.25, -0.2) is 0 Å². The van der Waals surface area contributed by atoms with E-state index in [0.717, 1.165) is 46.8 Å². The quantitative estimate of drug-likeness (QED) is 0.289. The summed E-state index contributed by atoms with van der Waals surface area (Å²) in [4.78, 5) is 0. The van der Waals surface area contributed by atoms with Crippen molar-refractivity contribution in [2.45, 2.75) is 72.0 Å². The average molecular weight is 371 g/mol. The fourth-order valence-electron chi connectivity index (χ4n) is 2.95. The van der Waals surface area contributed by atoms with Crippen molar-refractivity contribution in [1.82, 2.24) is 0 Å². The molecule has 2 rings (SSSR count). The van der Waals surface area contributed by atoms with Crippen LogP contribution in [-0.4, -0.2) is 6.29 Å². The molecule has 0 heterocycles. The number of rotatable bonds is 11. The average Bonchev–Trinajstić information content (AvgIpc) is 2.64. The molecule has 4 N–H and O–H groups in total. The first kappa shape index (κ1) is 20.9. The predicted octanol–water partition coefficient (Wildman–Crippen LogP) is 6.00. The van der Waals surface area contributed by atoms with Crippen LogP contribution in [0.4, 0.5) is 11.4 Å². The lowest BCUT2D eigenvalue weighted by molar-refractivity contribution is -0.00243. The van der Waals surface area contributed by atoms with E-state index in [1.165, 1.54) is 32.1 Å². The van der Waals surface area contributed by atoms with Gasteiger partial charge >= 0.3 is 0 Å². The number of nitrogens with two attached hydrogens (primary N) is 2. The van der Waals surface area contributed by atoms with Crippen LogP contribution in [0, 0.1) is 13.8 Å². The van der Waals surface area contributed by atoms with Gasteiger partial charge in [-0.3, -0.25) is 0 Å². The molecule has 1 atom stereocenters. The maximum atomic E-state index is 6.13. The van der Waals surface area contributed by atoms with E-state index in [1.54, 1.807) is 0 Å². The molecular weight excluding hydrogens is 336 g/mol. The third kappa shape index (κ3) is 7.05. The van der Waals surface area contributed by atoms with Gasteiger partial charge in [0.2, 0.25) is 6.29 Å². The van der Waals surface area contributed by atoms with E-state index in [9.17, 15) is 0 Å². The summed E-state index contributed by atoms with van der Waals surface area (Å²) < 4.78 is 12.3. The lowest BCUT2D eigenvalue weighted by Crippen LogP contribution is -2.24. The van der Waals surface area contributed by atoms with Crippen molar-refractivity contribution in [2.75, 3.05) is 11.5 Å². The van der Waals surface area contributed by atoms with Crippen LogP contribution in [0.2, 0.25) is 0 Å². The van der Waals surface area contributed by atoms with Crippen molar-refractivity contribution in [2.24, 2.45) is 0 Å². The first-order valence-electron chi connectivity index (χ1n) is 10.0. The number of unbranched alkanes of at least 4 members (excludes halogenated alkanes) is 5.